The van der Waals surface area contributed by atoms with E-state index in [0.717, 1.165) is 19.0 Å². The van der Waals surface area contributed by atoms with Gasteiger partial charge in [-0.2, -0.15) is 0 Å². The largest absolute Gasteiger partial charge is 0.316 e. The summed E-state index contributed by atoms with van der Waals surface area (Å²) in [4.78, 5) is 2.32. The molecule has 1 fully saturated rings. The summed E-state index contributed by atoms with van der Waals surface area (Å²) in [5.41, 5.74) is 1.18. The van der Waals surface area contributed by atoms with Crippen molar-refractivity contribution < 1.29 is 4.39 Å². The van der Waals surface area contributed by atoms with Crippen LogP contribution >= 0.6 is 0 Å². The Morgan fingerprint density at radius 2 is 2.11 bits per heavy atom. The molecule has 106 valence electrons. The van der Waals surface area contributed by atoms with Crippen molar-refractivity contribution in [2.75, 3.05) is 26.7 Å². The average molecular weight is 264 g/mol. The molecule has 1 atom stereocenters. The van der Waals surface area contributed by atoms with Crippen molar-refractivity contribution in [2.24, 2.45) is 5.92 Å². The summed E-state index contributed by atoms with van der Waals surface area (Å²) in [7, 11) is 2.14. The van der Waals surface area contributed by atoms with Crippen LogP contribution in [0, 0.1) is 11.7 Å². The van der Waals surface area contributed by atoms with E-state index < -0.39 is 0 Å². The second kappa shape index (κ2) is 7.61. The SMILES string of the molecule is CN(CCCC1CCCNC1)Cc1ccc(F)cc1. The van der Waals surface area contributed by atoms with Crippen molar-refractivity contribution in [1.29, 1.82) is 0 Å². The van der Waals surface area contributed by atoms with Crippen LogP contribution in [0.1, 0.15) is 31.2 Å². The zero-order valence-electron chi connectivity index (χ0n) is 11.9. The van der Waals surface area contributed by atoms with Crippen LogP contribution in [0.2, 0.25) is 0 Å². The van der Waals surface area contributed by atoms with Crippen molar-refractivity contribution in [1.82, 2.24) is 10.2 Å². The van der Waals surface area contributed by atoms with Gasteiger partial charge < -0.3 is 10.2 Å². The van der Waals surface area contributed by atoms with Gasteiger partial charge in [0.2, 0.25) is 0 Å². The quantitative estimate of drug-likeness (QED) is 0.849. The third kappa shape index (κ3) is 5.29. The Kier molecular flexibility index (Phi) is 5.80. The molecule has 1 aliphatic heterocycles. The van der Waals surface area contributed by atoms with Gasteiger partial charge in [-0.05, 0) is 76.0 Å². The molecule has 0 saturated carbocycles. The summed E-state index contributed by atoms with van der Waals surface area (Å²) >= 11 is 0. The van der Waals surface area contributed by atoms with E-state index in [1.807, 2.05) is 12.1 Å². The van der Waals surface area contributed by atoms with E-state index in [0.29, 0.717) is 0 Å². The first kappa shape index (κ1) is 14.5. The molecule has 1 heterocycles. The highest BCUT2D eigenvalue weighted by Gasteiger charge is 2.12. The van der Waals surface area contributed by atoms with Gasteiger partial charge in [0.25, 0.3) is 0 Å². The van der Waals surface area contributed by atoms with Crippen molar-refractivity contribution >= 4 is 0 Å². The van der Waals surface area contributed by atoms with Gasteiger partial charge in [-0.15, -0.1) is 0 Å². The number of nitrogens with zero attached hydrogens (tertiary/aromatic N) is 1. The van der Waals surface area contributed by atoms with Crippen molar-refractivity contribution in [3.05, 3.63) is 35.6 Å². The highest BCUT2D eigenvalue weighted by molar-refractivity contribution is 5.15. The molecule has 2 rings (SSSR count). The van der Waals surface area contributed by atoms with Gasteiger partial charge in [-0.3, -0.25) is 0 Å². The van der Waals surface area contributed by atoms with E-state index >= 15 is 0 Å². The van der Waals surface area contributed by atoms with Crippen LogP contribution in [-0.2, 0) is 6.54 Å². The zero-order chi connectivity index (χ0) is 13.5. The molecule has 0 spiro atoms. The predicted molar refractivity (Wildman–Crippen MR) is 77.6 cm³/mol. The Labute approximate surface area is 116 Å². The van der Waals surface area contributed by atoms with E-state index in [1.54, 1.807) is 0 Å². The van der Waals surface area contributed by atoms with Gasteiger partial charge in [-0.1, -0.05) is 12.1 Å². The lowest BCUT2D eigenvalue weighted by Crippen LogP contribution is -2.30. The highest BCUT2D eigenvalue weighted by Crippen LogP contribution is 2.16. The van der Waals surface area contributed by atoms with Crippen LogP contribution in [-0.4, -0.2) is 31.6 Å². The number of halogens is 1. The summed E-state index contributed by atoms with van der Waals surface area (Å²) in [5, 5.41) is 3.47. The molecule has 1 aliphatic rings. The molecule has 0 aliphatic carbocycles. The lowest BCUT2D eigenvalue weighted by Gasteiger charge is -2.24. The molecule has 3 heteroatoms. The maximum absolute atomic E-state index is 12.8. The third-order valence-electron chi connectivity index (χ3n) is 3.92. The second-order valence-corrected chi connectivity index (χ2v) is 5.72. The van der Waals surface area contributed by atoms with E-state index in [1.165, 1.54) is 56.5 Å². The summed E-state index contributed by atoms with van der Waals surface area (Å²) in [6.07, 6.45) is 5.29. The first-order valence-electron chi connectivity index (χ1n) is 7.38. The van der Waals surface area contributed by atoms with Crippen LogP contribution in [0.25, 0.3) is 0 Å². The van der Waals surface area contributed by atoms with Gasteiger partial charge in [0, 0.05) is 6.54 Å². The molecular weight excluding hydrogens is 239 g/mol. The first-order valence-corrected chi connectivity index (χ1v) is 7.38. The van der Waals surface area contributed by atoms with Crippen molar-refractivity contribution in [3.63, 3.8) is 0 Å². The van der Waals surface area contributed by atoms with Gasteiger partial charge in [0.1, 0.15) is 5.82 Å². The molecular formula is C16H25FN2. The molecule has 1 aromatic rings. The molecule has 0 aromatic heterocycles. The fraction of sp³-hybridized carbons (Fsp3) is 0.625. The summed E-state index contributed by atoms with van der Waals surface area (Å²) in [5.74, 6) is 0.712. The smallest absolute Gasteiger partial charge is 0.123 e. The topological polar surface area (TPSA) is 15.3 Å². The molecule has 1 unspecified atom stereocenters. The predicted octanol–water partition coefficient (Wildman–Crippen LogP) is 3.04. The van der Waals surface area contributed by atoms with Gasteiger partial charge in [0.15, 0.2) is 0 Å². The minimum Gasteiger partial charge on any atom is -0.316 e. The molecule has 1 aromatic carbocycles. The summed E-state index contributed by atoms with van der Waals surface area (Å²) in [6, 6.07) is 6.82. The Bertz CT molecular complexity index is 358. The number of nitrogens with one attached hydrogen (secondary N) is 1. The first-order chi connectivity index (χ1) is 9.24. The average Bonchev–Trinajstić information content (AvgIpc) is 2.43. The molecule has 19 heavy (non-hydrogen) atoms. The minimum atomic E-state index is -0.156. The van der Waals surface area contributed by atoms with Gasteiger partial charge in [-0.25, -0.2) is 4.39 Å². The molecule has 0 radical (unpaired) electrons. The van der Waals surface area contributed by atoms with Crippen LogP contribution in [0.15, 0.2) is 24.3 Å². The fourth-order valence-electron chi connectivity index (χ4n) is 2.80. The molecule has 1 saturated heterocycles. The van der Waals surface area contributed by atoms with Crippen LogP contribution in [0.4, 0.5) is 4.39 Å². The number of rotatable bonds is 6. The molecule has 1 N–H and O–H groups in total. The molecule has 0 bridgehead atoms. The highest BCUT2D eigenvalue weighted by atomic mass is 19.1. The zero-order valence-corrected chi connectivity index (χ0v) is 11.9. The van der Waals surface area contributed by atoms with Crippen LogP contribution < -0.4 is 5.32 Å². The second-order valence-electron chi connectivity index (χ2n) is 5.72. The number of hydrogen-bond acceptors (Lipinski definition) is 2. The number of hydrogen-bond donors (Lipinski definition) is 1. The molecule has 2 nitrogen and oxygen atoms in total. The van der Waals surface area contributed by atoms with Crippen LogP contribution in [0.3, 0.4) is 0 Å². The molecule has 0 amide bonds. The van der Waals surface area contributed by atoms with E-state index in [-0.39, 0.29) is 5.82 Å². The lowest BCUT2D eigenvalue weighted by atomic mass is 9.95. The third-order valence-corrected chi connectivity index (χ3v) is 3.92. The lowest BCUT2D eigenvalue weighted by molar-refractivity contribution is 0.287. The summed E-state index contributed by atoms with van der Waals surface area (Å²) < 4.78 is 12.8. The normalized spacial score (nSPS) is 19.8. The maximum atomic E-state index is 12.8. The standard InChI is InChI=1S/C16H25FN2/c1-19(13-15-6-8-16(17)9-7-15)11-3-5-14-4-2-10-18-12-14/h6-9,14,18H,2-5,10-13H2,1H3. The van der Waals surface area contributed by atoms with E-state index in [4.69, 9.17) is 0 Å². The maximum Gasteiger partial charge on any atom is 0.123 e. The fourth-order valence-corrected chi connectivity index (χ4v) is 2.80. The van der Waals surface area contributed by atoms with Gasteiger partial charge >= 0.3 is 0 Å². The number of piperidine rings is 1. The Morgan fingerprint density at radius 1 is 1.32 bits per heavy atom. The Hall–Kier alpha value is -0.930. The Morgan fingerprint density at radius 3 is 2.79 bits per heavy atom. The van der Waals surface area contributed by atoms with Gasteiger partial charge in [0.05, 0.1) is 0 Å². The monoisotopic (exact) mass is 264 g/mol. The summed E-state index contributed by atoms with van der Waals surface area (Å²) in [6.45, 7) is 4.42. The van der Waals surface area contributed by atoms with Crippen LogP contribution in [0.5, 0.6) is 0 Å². The Balaban J connectivity index is 1.63. The van der Waals surface area contributed by atoms with Crippen molar-refractivity contribution in [3.8, 4) is 0 Å². The minimum absolute atomic E-state index is 0.156. The van der Waals surface area contributed by atoms with Crippen molar-refractivity contribution in [2.45, 2.75) is 32.2 Å². The van der Waals surface area contributed by atoms with E-state index in [9.17, 15) is 4.39 Å². The number of benzene rings is 1. The van der Waals surface area contributed by atoms with E-state index in [2.05, 4.69) is 17.3 Å².